The molecule has 0 saturated carbocycles. The van der Waals surface area contributed by atoms with Gasteiger partial charge in [0.05, 0.1) is 18.7 Å². The molecule has 0 aliphatic carbocycles. The number of hydrogen-bond donors (Lipinski definition) is 2. The maximum atomic E-state index is 9.10. The van der Waals surface area contributed by atoms with Gasteiger partial charge in [0.1, 0.15) is 5.76 Å². The number of aliphatic hydroxyl groups is 1. The maximum Gasteiger partial charge on any atom is 0.196 e. The molecule has 0 aliphatic rings. The van der Waals surface area contributed by atoms with E-state index in [4.69, 9.17) is 15.3 Å². The van der Waals surface area contributed by atoms with Gasteiger partial charge in [0.15, 0.2) is 5.89 Å². The minimum Gasteiger partial charge on any atom is -0.446 e. The van der Waals surface area contributed by atoms with Crippen LogP contribution in [0.4, 0.5) is 0 Å². The van der Waals surface area contributed by atoms with Crippen molar-refractivity contribution in [3.8, 4) is 0 Å². The number of aryl methyl sites for hydroxylation is 1. The highest BCUT2D eigenvalue weighted by Gasteiger charge is 2.06. The molecule has 4 nitrogen and oxygen atoms in total. The highest BCUT2D eigenvalue weighted by Crippen LogP contribution is 2.03. The minimum absolute atomic E-state index is 0.238. The van der Waals surface area contributed by atoms with Crippen LogP contribution in [0.15, 0.2) is 10.6 Å². The van der Waals surface area contributed by atoms with Gasteiger partial charge < -0.3 is 15.3 Å². The molecule has 0 radical (unpaired) electrons. The first kappa shape index (κ1) is 8.23. The van der Waals surface area contributed by atoms with Crippen LogP contribution >= 0.6 is 0 Å². The first-order chi connectivity index (χ1) is 5.22. The number of rotatable bonds is 3. The van der Waals surface area contributed by atoms with Crippen LogP contribution in [-0.4, -0.2) is 22.7 Å². The topological polar surface area (TPSA) is 72.3 Å². The molecule has 0 saturated heterocycles. The van der Waals surface area contributed by atoms with Crippen LogP contribution < -0.4 is 5.73 Å². The van der Waals surface area contributed by atoms with Gasteiger partial charge in [0.2, 0.25) is 0 Å². The van der Waals surface area contributed by atoms with E-state index in [2.05, 4.69) is 4.98 Å². The number of aromatic nitrogens is 1. The summed E-state index contributed by atoms with van der Waals surface area (Å²) in [7, 11) is 0. The van der Waals surface area contributed by atoms with E-state index in [0.29, 0.717) is 12.3 Å². The molecule has 0 fully saturated rings. The van der Waals surface area contributed by atoms with E-state index in [0.717, 1.165) is 5.76 Å². The molecule has 1 unspecified atom stereocenters. The third-order valence-corrected chi connectivity index (χ3v) is 1.35. The highest BCUT2D eigenvalue weighted by molar-refractivity contribution is 4.92. The van der Waals surface area contributed by atoms with E-state index < -0.39 is 6.10 Å². The monoisotopic (exact) mass is 156 g/mol. The fourth-order valence-corrected chi connectivity index (χ4v) is 0.781. The second-order valence-electron chi connectivity index (χ2n) is 2.46. The Morgan fingerprint density at radius 1 is 1.82 bits per heavy atom. The zero-order valence-corrected chi connectivity index (χ0v) is 6.45. The molecule has 1 aromatic heterocycles. The van der Waals surface area contributed by atoms with Crippen molar-refractivity contribution in [2.75, 3.05) is 6.54 Å². The lowest BCUT2D eigenvalue weighted by Gasteiger charge is -2.02. The molecule has 0 spiro atoms. The number of oxazole rings is 1. The number of hydrogen-bond acceptors (Lipinski definition) is 4. The summed E-state index contributed by atoms with van der Waals surface area (Å²) in [5, 5.41) is 9.10. The Morgan fingerprint density at radius 2 is 2.55 bits per heavy atom. The smallest absolute Gasteiger partial charge is 0.196 e. The minimum atomic E-state index is -0.548. The molecule has 1 heterocycles. The molecule has 0 bridgehead atoms. The lowest BCUT2D eigenvalue weighted by Crippen LogP contribution is -2.22. The SMILES string of the molecule is Cc1cnc(CC(O)CN)o1. The van der Waals surface area contributed by atoms with Crippen molar-refractivity contribution < 1.29 is 9.52 Å². The Balaban J connectivity index is 2.50. The summed E-state index contributed by atoms with van der Waals surface area (Å²) in [6.07, 6.45) is 1.47. The van der Waals surface area contributed by atoms with Crippen molar-refractivity contribution in [2.45, 2.75) is 19.4 Å². The van der Waals surface area contributed by atoms with Crippen molar-refractivity contribution in [1.82, 2.24) is 4.98 Å². The Labute approximate surface area is 65.0 Å². The average Bonchev–Trinajstić information content (AvgIpc) is 2.35. The van der Waals surface area contributed by atoms with Crippen LogP contribution in [0.1, 0.15) is 11.7 Å². The highest BCUT2D eigenvalue weighted by atomic mass is 16.4. The Morgan fingerprint density at radius 3 is 3.00 bits per heavy atom. The first-order valence-electron chi connectivity index (χ1n) is 3.52. The van der Waals surface area contributed by atoms with Crippen molar-refractivity contribution in [3.63, 3.8) is 0 Å². The number of aliphatic hydroxyl groups excluding tert-OH is 1. The van der Waals surface area contributed by atoms with Gasteiger partial charge in [-0.3, -0.25) is 0 Å². The Hall–Kier alpha value is -0.870. The van der Waals surface area contributed by atoms with Gasteiger partial charge in [-0.05, 0) is 6.92 Å². The van der Waals surface area contributed by atoms with Crippen molar-refractivity contribution in [1.29, 1.82) is 0 Å². The Bertz CT molecular complexity index is 222. The molecule has 0 amide bonds. The summed E-state index contributed by atoms with van der Waals surface area (Å²) in [6.45, 7) is 2.05. The Kier molecular flexibility index (Phi) is 2.62. The molecule has 62 valence electrons. The largest absolute Gasteiger partial charge is 0.446 e. The molecule has 3 N–H and O–H groups in total. The maximum absolute atomic E-state index is 9.10. The first-order valence-corrected chi connectivity index (χ1v) is 3.52. The standard InChI is InChI=1S/C7H12N2O2/c1-5-4-9-7(11-5)2-6(10)3-8/h4,6,10H,2-3,8H2,1H3. The number of nitrogens with zero attached hydrogens (tertiary/aromatic N) is 1. The van der Waals surface area contributed by atoms with Gasteiger partial charge in [-0.15, -0.1) is 0 Å². The molecule has 0 aromatic carbocycles. The van der Waals surface area contributed by atoms with Crippen molar-refractivity contribution in [2.24, 2.45) is 5.73 Å². The molecule has 1 rings (SSSR count). The molecule has 0 aliphatic heterocycles. The summed E-state index contributed by atoms with van der Waals surface area (Å²) in [6, 6.07) is 0. The third kappa shape index (κ3) is 2.32. The van der Waals surface area contributed by atoms with Gasteiger partial charge in [-0.2, -0.15) is 0 Å². The summed E-state index contributed by atoms with van der Waals surface area (Å²) in [5.74, 6) is 1.30. The second-order valence-corrected chi connectivity index (χ2v) is 2.46. The van der Waals surface area contributed by atoms with E-state index in [-0.39, 0.29) is 6.54 Å². The van der Waals surface area contributed by atoms with Crippen LogP contribution in [0.3, 0.4) is 0 Å². The molecule has 4 heteroatoms. The van der Waals surface area contributed by atoms with E-state index in [1.54, 1.807) is 6.20 Å². The van der Waals surface area contributed by atoms with Gasteiger partial charge in [0, 0.05) is 6.54 Å². The van der Waals surface area contributed by atoms with Gasteiger partial charge >= 0.3 is 0 Å². The average molecular weight is 156 g/mol. The summed E-state index contributed by atoms with van der Waals surface area (Å²) < 4.78 is 5.13. The summed E-state index contributed by atoms with van der Waals surface area (Å²) in [5.41, 5.74) is 5.21. The lowest BCUT2D eigenvalue weighted by molar-refractivity contribution is 0.173. The van der Waals surface area contributed by atoms with Crippen LogP contribution in [0.25, 0.3) is 0 Å². The van der Waals surface area contributed by atoms with Crippen LogP contribution in [0.2, 0.25) is 0 Å². The lowest BCUT2D eigenvalue weighted by atomic mass is 10.2. The van der Waals surface area contributed by atoms with Crippen molar-refractivity contribution in [3.05, 3.63) is 17.8 Å². The molecule has 1 atom stereocenters. The van der Waals surface area contributed by atoms with Gasteiger partial charge in [0.25, 0.3) is 0 Å². The van der Waals surface area contributed by atoms with Gasteiger partial charge in [-0.1, -0.05) is 0 Å². The van der Waals surface area contributed by atoms with Crippen LogP contribution in [-0.2, 0) is 6.42 Å². The zero-order chi connectivity index (χ0) is 8.27. The predicted octanol–water partition coefficient (Wildman–Crippen LogP) is -0.155. The van der Waals surface area contributed by atoms with E-state index >= 15 is 0 Å². The fraction of sp³-hybridized carbons (Fsp3) is 0.571. The second kappa shape index (κ2) is 3.50. The predicted molar refractivity (Wildman–Crippen MR) is 40.0 cm³/mol. The quantitative estimate of drug-likeness (QED) is 0.638. The van der Waals surface area contributed by atoms with E-state index in [1.807, 2.05) is 6.92 Å². The molecule has 1 aromatic rings. The van der Waals surface area contributed by atoms with Crippen LogP contribution in [0, 0.1) is 6.92 Å². The molecular formula is C7H12N2O2. The molecule has 11 heavy (non-hydrogen) atoms. The summed E-state index contributed by atoms with van der Waals surface area (Å²) >= 11 is 0. The third-order valence-electron chi connectivity index (χ3n) is 1.35. The number of nitrogens with two attached hydrogens (primary N) is 1. The fourth-order valence-electron chi connectivity index (χ4n) is 0.781. The normalized spacial score (nSPS) is 13.4. The van der Waals surface area contributed by atoms with Gasteiger partial charge in [-0.25, -0.2) is 4.98 Å². The summed E-state index contributed by atoms with van der Waals surface area (Å²) in [4.78, 5) is 3.92. The van der Waals surface area contributed by atoms with E-state index in [9.17, 15) is 0 Å². The molecular weight excluding hydrogens is 144 g/mol. The van der Waals surface area contributed by atoms with Crippen LogP contribution in [0.5, 0.6) is 0 Å². The van der Waals surface area contributed by atoms with Crippen molar-refractivity contribution >= 4 is 0 Å². The zero-order valence-electron chi connectivity index (χ0n) is 6.45. The van der Waals surface area contributed by atoms with E-state index in [1.165, 1.54) is 0 Å².